The Balaban J connectivity index is 2.07. The van der Waals surface area contributed by atoms with Crippen LogP contribution in [0.5, 0.6) is 0 Å². The number of carbonyl (C=O) groups is 1. The van der Waals surface area contributed by atoms with E-state index in [-0.39, 0.29) is 11.4 Å². The normalized spacial score (nSPS) is 18.5. The minimum absolute atomic E-state index is 0.108. The van der Waals surface area contributed by atoms with Gasteiger partial charge < -0.3 is 14.7 Å². The molecule has 6 heteroatoms. The lowest BCUT2D eigenvalue weighted by atomic mass is 10.1. The van der Waals surface area contributed by atoms with Crippen molar-refractivity contribution in [2.75, 3.05) is 44.0 Å². The van der Waals surface area contributed by atoms with Gasteiger partial charge in [-0.3, -0.25) is 4.79 Å². The Morgan fingerprint density at radius 2 is 1.96 bits per heavy atom. The third-order valence-electron chi connectivity index (χ3n) is 4.24. The van der Waals surface area contributed by atoms with Crippen LogP contribution in [0.2, 0.25) is 0 Å². The Morgan fingerprint density at radius 3 is 2.48 bits per heavy atom. The summed E-state index contributed by atoms with van der Waals surface area (Å²) in [5.41, 5.74) is 0.949. The highest BCUT2D eigenvalue weighted by Crippen LogP contribution is 2.27. The lowest BCUT2D eigenvalue weighted by Crippen LogP contribution is -2.42. The molecule has 1 amide bonds. The van der Waals surface area contributed by atoms with Gasteiger partial charge in [-0.1, -0.05) is 0 Å². The lowest BCUT2D eigenvalue weighted by Gasteiger charge is -2.32. The molecule has 0 radical (unpaired) electrons. The van der Waals surface area contributed by atoms with Crippen LogP contribution in [0, 0.1) is 12.8 Å². The Labute approximate surface area is 139 Å². The standard InChI is InChI=1S/C17H29N5O/c1-12-9-18-16(19-15(12)20(5)6)21(7)10-13-8-14(23)22(11-13)17(2,3)4/h9,13H,8,10-11H2,1-7H3. The molecular formula is C17H29N5O. The molecule has 2 heterocycles. The molecule has 1 aromatic heterocycles. The first kappa shape index (κ1) is 17.5. The van der Waals surface area contributed by atoms with Crippen LogP contribution in [-0.4, -0.2) is 60.5 Å². The summed E-state index contributed by atoms with van der Waals surface area (Å²) in [5, 5.41) is 0. The zero-order valence-corrected chi connectivity index (χ0v) is 15.4. The summed E-state index contributed by atoms with van der Waals surface area (Å²) >= 11 is 0. The molecule has 1 aliphatic heterocycles. The minimum Gasteiger partial charge on any atom is -0.362 e. The second kappa shape index (κ2) is 6.34. The van der Waals surface area contributed by atoms with Gasteiger partial charge in [0, 0.05) is 63.9 Å². The fourth-order valence-corrected chi connectivity index (χ4v) is 3.08. The van der Waals surface area contributed by atoms with Crippen molar-refractivity contribution < 1.29 is 4.79 Å². The van der Waals surface area contributed by atoms with E-state index in [4.69, 9.17) is 0 Å². The zero-order chi connectivity index (χ0) is 17.4. The summed E-state index contributed by atoms with van der Waals surface area (Å²) in [6.45, 7) is 9.86. The summed E-state index contributed by atoms with van der Waals surface area (Å²) in [5.74, 6) is 2.20. The van der Waals surface area contributed by atoms with Crippen LogP contribution >= 0.6 is 0 Å². The van der Waals surface area contributed by atoms with Gasteiger partial charge in [0.05, 0.1) is 0 Å². The minimum atomic E-state index is -0.108. The largest absolute Gasteiger partial charge is 0.362 e. The lowest BCUT2D eigenvalue weighted by molar-refractivity contribution is -0.131. The second-order valence-corrected chi connectivity index (χ2v) is 7.70. The number of aromatic nitrogens is 2. The topological polar surface area (TPSA) is 52.6 Å². The fourth-order valence-electron chi connectivity index (χ4n) is 3.08. The first-order chi connectivity index (χ1) is 10.6. The van der Waals surface area contributed by atoms with E-state index in [0.29, 0.717) is 18.3 Å². The molecule has 1 fully saturated rings. The van der Waals surface area contributed by atoms with Crippen LogP contribution in [0.25, 0.3) is 0 Å². The SMILES string of the molecule is Cc1cnc(N(C)CC2CC(=O)N(C(C)(C)C)C2)nc1N(C)C. The van der Waals surface area contributed by atoms with E-state index in [2.05, 4.69) is 35.6 Å². The molecule has 0 aromatic carbocycles. The summed E-state index contributed by atoms with van der Waals surface area (Å²) in [6, 6.07) is 0. The number of nitrogens with zero attached hydrogens (tertiary/aromatic N) is 5. The summed E-state index contributed by atoms with van der Waals surface area (Å²) < 4.78 is 0. The molecule has 6 nitrogen and oxygen atoms in total. The molecule has 128 valence electrons. The van der Waals surface area contributed by atoms with Crippen molar-refractivity contribution in [3.05, 3.63) is 11.8 Å². The van der Waals surface area contributed by atoms with Crippen LogP contribution in [0.3, 0.4) is 0 Å². The molecule has 1 unspecified atom stereocenters. The quantitative estimate of drug-likeness (QED) is 0.849. The van der Waals surface area contributed by atoms with Gasteiger partial charge in [-0.2, -0.15) is 4.98 Å². The molecule has 1 saturated heterocycles. The van der Waals surface area contributed by atoms with Crippen molar-refractivity contribution in [2.45, 2.75) is 39.7 Å². The molecule has 0 spiro atoms. The van der Waals surface area contributed by atoms with Crippen molar-refractivity contribution >= 4 is 17.7 Å². The second-order valence-electron chi connectivity index (χ2n) is 7.70. The van der Waals surface area contributed by atoms with Crippen molar-refractivity contribution in [3.63, 3.8) is 0 Å². The molecule has 2 rings (SSSR count). The first-order valence-corrected chi connectivity index (χ1v) is 8.12. The van der Waals surface area contributed by atoms with Gasteiger partial charge >= 0.3 is 0 Å². The number of carbonyl (C=O) groups excluding carboxylic acids is 1. The Bertz CT molecular complexity index is 579. The molecule has 1 aliphatic rings. The zero-order valence-electron chi connectivity index (χ0n) is 15.4. The Kier molecular flexibility index (Phi) is 4.82. The van der Waals surface area contributed by atoms with E-state index >= 15 is 0 Å². The van der Waals surface area contributed by atoms with Gasteiger partial charge in [-0.05, 0) is 27.7 Å². The molecule has 23 heavy (non-hydrogen) atoms. The molecule has 0 N–H and O–H groups in total. The number of hydrogen-bond acceptors (Lipinski definition) is 5. The summed E-state index contributed by atoms with van der Waals surface area (Å²) in [4.78, 5) is 27.3. The van der Waals surface area contributed by atoms with Crippen LogP contribution < -0.4 is 9.80 Å². The monoisotopic (exact) mass is 319 g/mol. The highest BCUT2D eigenvalue weighted by molar-refractivity contribution is 5.79. The third kappa shape index (κ3) is 3.92. The predicted molar refractivity (Wildman–Crippen MR) is 93.9 cm³/mol. The van der Waals surface area contributed by atoms with Gasteiger partial charge in [-0.15, -0.1) is 0 Å². The van der Waals surface area contributed by atoms with Crippen LogP contribution in [0.15, 0.2) is 6.20 Å². The molecule has 0 bridgehead atoms. The maximum Gasteiger partial charge on any atom is 0.227 e. The van der Waals surface area contributed by atoms with Gasteiger partial charge in [0.2, 0.25) is 11.9 Å². The number of hydrogen-bond donors (Lipinski definition) is 0. The summed E-state index contributed by atoms with van der Waals surface area (Å²) in [7, 11) is 5.96. The first-order valence-electron chi connectivity index (χ1n) is 8.12. The maximum absolute atomic E-state index is 12.2. The van der Waals surface area contributed by atoms with Crippen LogP contribution in [0.4, 0.5) is 11.8 Å². The van der Waals surface area contributed by atoms with Gasteiger partial charge in [-0.25, -0.2) is 4.98 Å². The third-order valence-corrected chi connectivity index (χ3v) is 4.24. The average molecular weight is 319 g/mol. The maximum atomic E-state index is 12.2. The van der Waals surface area contributed by atoms with E-state index < -0.39 is 0 Å². The van der Waals surface area contributed by atoms with Crippen LogP contribution in [0.1, 0.15) is 32.8 Å². The highest BCUT2D eigenvalue weighted by Gasteiger charge is 2.36. The Morgan fingerprint density at radius 1 is 1.30 bits per heavy atom. The smallest absolute Gasteiger partial charge is 0.227 e. The van der Waals surface area contributed by atoms with Gasteiger partial charge in [0.25, 0.3) is 0 Å². The van der Waals surface area contributed by atoms with Crippen molar-refractivity contribution in [1.82, 2.24) is 14.9 Å². The molecule has 1 aromatic rings. The van der Waals surface area contributed by atoms with Gasteiger partial charge in [0.1, 0.15) is 5.82 Å². The van der Waals surface area contributed by atoms with Crippen molar-refractivity contribution in [1.29, 1.82) is 0 Å². The van der Waals surface area contributed by atoms with E-state index in [9.17, 15) is 4.79 Å². The average Bonchev–Trinajstić information content (AvgIpc) is 2.79. The van der Waals surface area contributed by atoms with Crippen molar-refractivity contribution in [3.8, 4) is 0 Å². The van der Waals surface area contributed by atoms with Crippen molar-refractivity contribution in [2.24, 2.45) is 5.92 Å². The highest BCUT2D eigenvalue weighted by atomic mass is 16.2. The van der Waals surface area contributed by atoms with E-state index in [0.717, 1.165) is 24.5 Å². The summed E-state index contributed by atoms with van der Waals surface area (Å²) in [6.07, 6.45) is 2.46. The number of rotatable bonds is 4. The van der Waals surface area contributed by atoms with Gasteiger partial charge in [0.15, 0.2) is 0 Å². The molecule has 1 atom stereocenters. The molecular weight excluding hydrogens is 290 g/mol. The number of aryl methyl sites for hydroxylation is 1. The Hall–Kier alpha value is -1.85. The van der Waals surface area contributed by atoms with Crippen LogP contribution in [-0.2, 0) is 4.79 Å². The predicted octanol–water partition coefficient (Wildman–Crippen LogP) is 1.93. The molecule has 0 saturated carbocycles. The number of anilines is 2. The fraction of sp³-hybridized carbons (Fsp3) is 0.706. The van der Waals surface area contributed by atoms with E-state index in [1.807, 2.05) is 44.1 Å². The number of amides is 1. The molecule has 0 aliphatic carbocycles. The number of likely N-dealkylation sites (tertiary alicyclic amines) is 1. The van der Waals surface area contributed by atoms with E-state index in [1.54, 1.807) is 0 Å². The van der Waals surface area contributed by atoms with E-state index in [1.165, 1.54) is 0 Å².